The predicted octanol–water partition coefficient (Wildman–Crippen LogP) is 0.365. The Morgan fingerprint density at radius 1 is 1.24 bits per heavy atom. The largest absolute Gasteiger partial charge is 0.382 e. The minimum Gasteiger partial charge on any atom is -0.382 e. The quantitative estimate of drug-likeness (QED) is 0.640. The van der Waals surface area contributed by atoms with Crippen molar-refractivity contribution in [3.8, 4) is 0 Å². The molecule has 1 aromatic rings. The normalized spacial score (nSPS) is 11.8. The fourth-order valence-electron chi connectivity index (χ4n) is 1.54. The molecule has 0 aliphatic heterocycles. The molecule has 0 aliphatic carbocycles. The van der Waals surface area contributed by atoms with E-state index in [0.29, 0.717) is 13.2 Å². The highest BCUT2D eigenvalue weighted by atomic mass is 32.2. The van der Waals surface area contributed by atoms with E-state index >= 15 is 0 Å². The maximum Gasteiger partial charge on any atom is 0.243 e. The van der Waals surface area contributed by atoms with Gasteiger partial charge in [0, 0.05) is 25.8 Å². The first-order valence-corrected chi connectivity index (χ1v) is 7.65. The van der Waals surface area contributed by atoms with Crippen LogP contribution in [0.4, 0.5) is 8.78 Å². The molecule has 0 saturated heterocycles. The number of hydrogen-bond donors (Lipinski definition) is 2. The van der Waals surface area contributed by atoms with Crippen molar-refractivity contribution < 1.29 is 26.7 Å². The second kappa shape index (κ2) is 8.35. The smallest absolute Gasteiger partial charge is 0.243 e. The van der Waals surface area contributed by atoms with Gasteiger partial charge in [0.1, 0.15) is 10.7 Å². The molecule has 0 fully saturated rings. The highest BCUT2D eigenvalue weighted by Crippen LogP contribution is 2.20. The fraction of sp³-hybridized carbons (Fsp3) is 0.500. The van der Waals surface area contributed by atoms with E-state index in [0.717, 1.165) is 12.1 Å². The average molecular weight is 324 g/mol. The third kappa shape index (κ3) is 4.97. The average Bonchev–Trinajstić information content (AvgIpc) is 2.43. The molecule has 6 nitrogen and oxygen atoms in total. The number of methoxy groups -OCH3 is 1. The molecule has 9 heteroatoms. The molecule has 0 spiro atoms. The van der Waals surface area contributed by atoms with Crippen LogP contribution in [0.2, 0.25) is 0 Å². The van der Waals surface area contributed by atoms with E-state index in [1.165, 1.54) is 7.11 Å². The van der Waals surface area contributed by atoms with Crippen LogP contribution in [0.25, 0.3) is 0 Å². The van der Waals surface area contributed by atoms with Crippen molar-refractivity contribution in [2.45, 2.75) is 11.4 Å². The van der Waals surface area contributed by atoms with Crippen molar-refractivity contribution in [1.82, 2.24) is 4.72 Å². The molecule has 0 aliphatic rings. The zero-order valence-electron chi connectivity index (χ0n) is 11.6. The lowest BCUT2D eigenvalue weighted by Crippen LogP contribution is -2.29. The van der Waals surface area contributed by atoms with Crippen LogP contribution >= 0.6 is 0 Å². The van der Waals surface area contributed by atoms with Crippen molar-refractivity contribution in [3.05, 3.63) is 29.3 Å². The van der Waals surface area contributed by atoms with Crippen molar-refractivity contribution >= 4 is 10.0 Å². The van der Waals surface area contributed by atoms with Gasteiger partial charge in [0.25, 0.3) is 0 Å². The number of sulfonamides is 1. The van der Waals surface area contributed by atoms with Gasteiger partial charge in [-0.2, -0.15) is 0 Å². The van der Waals surface area contributed by atoms with Crippen LogP contribution in [0.5, 0.6) is 0 Å². The van der Waals surface area contributed by atoms with Crippen LogP contribution in [0.1, 0.15) is 5.56 Å². The van der Waals surface area contributed by atoms with Gasteiger partial charge in [-0.15, -0.1) is 0 Å². The highest BCUT2D eigenvalue weighted by Gasteiger charge is 2.22. The minimum absolute atomic E-state index is 0.0409. The van der Waals surface area contributed by atoms with Gasteiger partial charge in [-0.25, -0.2) is 21.9 Å². The molecule has 21 heavy (non-hydrogen) atoms. The fourth-order valence-corrected chi connectivity index (χ4v) is 2.65. The molecule has 0 saturated carbocycles. The van der Waals surface area contributed by atoms with Gasteiger partial charge in [-0.1, -0.05) is 0 Å². The summed E-state index contributed by atoms with van der Waals surface area (Å²) in [5.41, 5.74) is 4.74. The lowest BCUT2D eigenvalue weighted by atomic mass is 10.2. The molecule has 0 heterocycles. The topological polar surface area (TPSA) is 90.6 Å². The van der Waals surface area contributed by atoms with E-state index in [-0.39, 0.29) is 13.2 Å². The summed E-state index contributed by atoms with van der Waals surface area (Å²) in [6, 6.07) is 1.73. The highest BCUT2D eigenvalue weighted by molar-refractivity contribution is 7.89. The first-order valence-electron chi connectivity index (χ1n) is 6.17. The molecule has 0 atom stereocenters. The molecule has 0 radical (unpaired) electrons. The van der Waals surface area contributed by atoms with E-state index in [9.17, 15) is 17.2 Å². The van der Waals surface area contributed by atoms with Gasteiger partial charge in [0.15, 0.2) is 5.82 Å². The summed E-state index contributed by atoms with van der Waals surface area (Å²) in [4.78, 5) is -0.638. The predicted molar refractivity (Wildman–Crippen MR) is 72.1 cm³/mol. The van der Waals surface area contributed by atoms with Crippen LogP contribution in [0.3, 0.4) is 0 Å². The van der Waals surface area contributed by atoms with Crippen molar-refractivity contribution in [3.63, 3.8) is 0 Å². The van der Waals surface area contributed by atoms with Crippen LogP contribution in [0.15, 0.2) is 17.0 Å². The first kappa shape index (κ1) is 17.9. The van der Waals surface area contributed by atoms with E-state index in [4.69, 9.17) is 15.2 Å². The summed E-state index contributed by atoms with van der Waals surface area (Å²) in [5, 5.41) is 0. The second-order valence-electron chi connectivity index (χ2n) is 4.05. The molecule has 1 aromatic carbocycles. The summed E-state index contributed by atoms with van der Waals surface area (Å²) in [5.74, 6) is -2.05. The molecule has 0 unspecified atom stereocenters. The van der Waals surface area contributed by atoms with Gasteiger partial charge in [-0.3, -0.25) is 0 Å². The molecular formula is C12H18F2N2O4S. The molecule has 0 bridgehead atoms. The van der Waals surface area contributed by atoms with Crippen LogP contribution in [0, 0.1) is 11.6 Å². The Hall–Kier alpha value is -1.13. The van der Waals surface area contributed by atoms with E-state index in [1.54, 1.807) is 0 Å². The minimum atomic E-state index is -4.09. The maximum atomic E-state index is 13.9. The Balaban J connectivity index is 2.71. The summed E-state index contributed by atoms with van der Waals surface area (Å²) < 4.78 is 63.0. The Kier molecular flexibility index (Phi) is 7.12. The van der Waals surface area contributed by atoms with Crippen LogP contribution in [-0.2, 0) is 26.0 Å². The third-order valence-electron chi connectivity index (χ3n) is 2.61. The first-order chi connectivity index (χ1) is 9.94. The van der Waals surface area contributed by atoms with Crippen molar-refractivity contribution in [2.75, 3.05) is 33.5 Å². The molecular weight excluding hydrogens is 306 g/mol. The van der Waals surface area contributed by atoms with Gasteiger partial charge < -0.3 is 15.2 Å². The zero-order valence-corrected chi connectivity index (χ0v) is 12.4. The summed E-state index contributed by atoms with van der Waals surface area (Å²) in [7, 11) is -2.58. The monoisotopic (exact) mass is 324 g/mol. The van der Waals surface area contributed by atoms with Crippen LogP contribution < -0.4 is 10.5 Å². The standard InChI is InChI=1S/C12H18F2N2O4S/c1-19-6-7-20-5-4-16-21(17,18)11-3-2-10(13)9(8-15)12(11)14/h2-3,16H,4-8,15H2,1H3. The van der Waals surface area contributed by atoms with E-state index in [2.05, 4.69) is 4.72 Å². The SMILES string of the molecule is COCCOCCNS(=O)(=O)c1ccc(F)c(CN)c1F. The Morgan fingerprint density at radius 3 is 2.57 bits per heavy atom. The number of nitrogens with two attached hydrogens (primary N) is 1. The Morgan fingerprint density at radius 2 is 1.95 bits per heavy atom. The lowest BCUT2D eigenvalue weighted by molar-refractivity contribution is 0.0736. The summed E-state index contributed by atoms with van der Waals surface area (Å²) >= 11 is 0. The van der Waals surface area contributed by atoms with Gasteiger partial charge in [0.05, 0.1) is 19.8 Å². The number of halogens is 2. The number of nitrogens with one attached hydrogen (secondary N) is 1. The van der Waals surface area contributed by atoms with Crippen LogP contribution in [-0.4, -0.2) is 41.9 Å². The Labute approximate surface area is 122 Å². The van der Waals surface area contributed by atoms with Gasteiger partial charge >= 0.3 is 0 Å². The molecule has 120 valence electrons. The number of benzene rings is 1. The Bertz CT molecular complexity index is 567. The lowest BCUT2D eigenvalue weighted by Gasteiger charge is -2.10. The zero-order chi connectivity index (χ0) is 15.9. The van der Waals surface area contributed by atoms with Gasteiger partial charge in [0.2, 0.25) is 10.0 Å². The second-order valence-corrected chi connectivity index (χ2v) is 5.78. The van der Waals surface area contributed by atoms with Crippen molar-refractivity contribution in [1.29, 1.82) is 0 Å². The third-order valence-corrected chi connectivity index (χ3v) is 4.09. The number of ether oxygens (including phenoxy) is 2. The molecule has 0 amide bonds. The van der Waals surface area contributed by atoms with E-state index < -0.39 is 38.7 Å². The molecule has 0 aromatic heterocycles. The maximum absolute atomic E-state index is 13.9. The van der Waals surface area contributed by atoms with E-state index in [1.807, 2.05) is 0 Å². The summed E-state index contributed by atoms with van der Waals surface area (Å²) in [6.45, 7) is 0.344. The number of hydrogen-bond acceptors (Lipinski definition) is 5. The molecule has 1 rings (SSSR count). The number of rotatable bonds is 9. The van der Waals surface area contributed by atoms with Gasteiger partial charge in [-0.05, 0) is 12.1 Å². The molecule has 3 N–H and O–H groups in total. The van der Waals surface area contributed by atoms with Crippen molar-refractivity contribution in [2.24, 2.45) is 5.73 Å². The summed E-state index contributed by atoms with van der Waals surface area (Å²) in [6.07, 6.45) is 0.